The van der Waals surface area contributed by atoms with Gasteiger partial charge < -0.3 is 14.6 Å². The Labute approximate surface area is 151 Å². The maximum Gasteiger partial charge on any atom is 0.333 e. The van der Waals surface area contributed by atoms with Crippen LogP contribution in [0.25, 0.3) is 0 Å². The van der Waals surface area contributed by atoms with Gasteiger partial charge in [-0.1, -0.05) is 25.0 Å². The molecule has 4 heteroatoms. The third kappa shape index (κ3) is 2.87. The quantitative estimate of drug-likeness (QED) is 0.607. The second-order valence-electron chi connectivity index (χ2n) is 8.55. The standard InChI is InChI=1S/C21H32O4/c1-13-8-9-16-18(24-4)17-14(19(22)25-5)7-6-11-21(17,23)12-10-15(13)20(16,2)3/h16,18,23H,6-12H2,1-5H3/t16?,18-,21-/m1/s1. The van der Waals surface area contributed by atoms with Gasteiger partial charge in [-0.25, -0.2) is 4.79 Å². The minimum absolute atomic E-state index is 0.00994. The number of carbonyl (C=O) groups is 1. The van der Waals surface area contributed by atoms with Gasteiger partial charge in [0, 0.05) is 18.3 Å². The minimum Gasteiger partial charge on any atom is -0.466 e. The number of aliphatic hydroxyl groups is 1. The van der Waals surface area contributed by atoms with Crippen LogP contribution in [-0.2, 0) is 14.3 Å². The van der Waals surface area contributed by atoms with Crippen LogP contribution in [-0.4, -0.2) is 37.0 Å². The van der Waals surface area contributed by atoms with E-state index in [9.17, 15) is 9.90 Å². The Balaban J connectivity index is 2.21. The van der Waals surface area contributed by atoms with Gasteiger partial charge in [0.25, 0.3) is 0 Å². The van der Waals surface area contributed by atoms with E-state index in [2.05, 4.69) is 20.8 Å². The largest absolute Gasteiger partial charge is 0.466 e. The van der Waals surface area contributed by atoms with Gasteiger partial charge in [0.1, 0.15) is 0 Å². The molecule has 0 heterocycles. The molecule has 1 N–H and O–H groups in total. The molecule has 0 aromatic heterocycles. The van der Waals surface area contributed by atoms with Crippen molar-refractivity contribution in [1.82, 2.24) is 0 Å². The molecule has 0 aromatic carbocycles. The van der Waals surface area contributed by atoms with Gasteiger partial charge in [-0.15, -0.1) is 0 Å². The van der Waals surface area contributed by atoms with Crippen LogP contribution in [0.1, 0.15) is 65.7 Å². The lowest BCUT2D eigenvalue weighted by Crippen LogP contribution is -2.51. The van der Waals surface area contributed by atoms with Crippen LogP contribution in [0.5, 0.6) is 0 Å². The predicted molar refractivity (Wildman–Crippen MR) is 97.1 cm³/mol. The normalized spacial score (nSPS) is 35.0. The Morgan fingerprint density at radius 3 is 2.52 bits per heavy atom. The number of methoxy groups -OCH3 is 2. The van der Waals surface area contributed by atoms with Crippen LogP contribution in [0.3, 0.4) is 0 Å². The fraction of sp³-hybridized carbons (Fsp3) is 0.762. The lowest BCUT2D eigenvalue weighted by molar-refractivity contribution is -0.137. The number of hydrogen-bond acceptors (Lipinski definition) is 4. The van der Waals surface area contributed by atoms with E-state index in [1.807, 2.05) is 0 Å². The Bertz CT molecular complexity index is 628. The Morgan fingerprint density at radius 1 is 1.16 bits per heavy atom. The van der Waals surface area contributed by atoms with Gasteiger partial charge in [-0.2, -0.15) is 0 Å². The molecule has 0 saturated heterocycles. The Morgan fingerprint density at radius 2 is 1.88 bits per heavy atom. The fourth-order valence-corrected chi connectivity index (χ4v) is 5.68. The van der Waals surface area contributed by atoms with Gasteiger partial charge in [-0.05, 0) is 63.2 Å². The molecule has 3 rings (SSSR count). The number of fused-ring (bicyclic) bond motifs is 3. The van der Waals surface area contributed by atoms with Gasteiger partial charge in [-0.3, -0.25) is 0 Å². The van der Waals surface area contributed by atoms with Crippen molar-refractivity contribution >= 4 is 5.97 Å². The second-order valence-corrected chi connectivity index (χ2v) is 8.55. The predicted octanol–water partition coefficient (Wildman–Crippen LogP) is 3.93. The molecule has 25 heavy (non-hydrogen) atoms. The maximum absolute atomic E-state index is 12.5. The zero-order chi connectivity index (χ0) is 18.4. The first-order valence-electron chi connectivity index (χ1n) is 9.52. The molecule has 1 saturated carbocycles. The number of rotatable bonds is 2. The van der Waals surface area contributed by atoms with Crippen molar-refractivity contribution in [1.29, 1.82) is 0 Å². The molecule has 1 unspecified atom stereocenters. The van der Waals surface area contributed by atoms with Crippen LogP contribution < -0.4 is 0 Å². The van der Waals surface area contributed by atoms with E-state index in [4.69, 9.17) is 9.47 Å². The number of allylic oxidation sites excluding steroid dienone is 2. The topological polar surface area (TPSA) is 55.8 Å². The molecule has 0 radical (unpaired) electrons. The molecular weight excluding hydrogens is 316 g/mol. The van der Waals surface area contributed by atoms with E-state index in [-0.39, 0.29) is 23.4 Å². The average molecular weight is 348 g/mol. The zero-order valence-electron chi connectivity index (χ0n) is 16.3. The summed E-state index contributed by atoms with van der Waals surface area (Å²) in [5, 5.41) is 11.6. The summed E-state index contributed by atoms with van der Waals surface area (Å²) in [6.45, 7) is 6.83. The maximum atomic E-state index is 12.5. The van der Waals surface area contributed by atoms with Gasteiger partial charge >= 0.3 is 5.97 Å². The van der Waals surface area contributed by atoms with Crippen LogP contribution in [0.4, 0.5) is 0 Å². The van der Waals surface area contributed by atoms with Gasteiger partial charge in [0.15, 0.2) is 0 Å². The fourth-order valence-electron chi connectivity index (χ4n) is 5.68. The lowest BCUT2D eigenvalue weighted by atomic mass is 9.56. The van der Waals surface area contributed by atoms with Crippen molar-refractivity contribution in [2.24, 2.45) is 11.3 Å². The lowest BCUT2D eigenvalue weighted by Gasteiger charge is -2.52. The van der Waals surface area contributed by atoms with Gasteiger partial charge in [0.2, 0.25) is 0 Å². The SMILES string of the molecule is COC(=O)C1=C2[C@H](OC)C3CCC(C)=C(CC[C@]2(O)CCC1)C3(C)C. The summed E-state index contributed by atoms with van der Waals surface area (Å²) < 4.78 is 11.0. The summed E-state index contributed by atoms with van der Waals surface area (Å²) in [5.74, 6) is -0.0490. The molecule has 0 aliphatic heterocycles. The summed E-state index contributed by atoms with van der Waals surface area (Å²) >= 11 is 0. The molecule has 4 nitrogen and oxygen atoms in total. The van der Waals surface area contributed by atoms with Crippen LogP contribution in [0.2, 0.25) is 0 Å². The summed E-state index contributed by atoms with van der Waals surface area (Å²) in [6, 6.07) is 0. The van der Waals surface area contributed by atoms with E-state index in [1.165, 1.54) is 18.3 Å². The molecular formula is C21H32O4. The second kappa shape index (κ2) is 6.55. The van der Waals surface area contributed by atoms with Crippen molar-refractivity contribution in [3.05, 3.63) is 22.3 Å². The first-order chi connectivity index (χ1) is 11.8. The highest BCUT2D eigenvalue weighted by atomic mass is 16.5. The smallest absolute Gasteiger partial charge is 0.333 e. The molecule has 3 aliphatic rings. The first kappa shape index (κ1) is 18.7. The van der Waals surface area contributed by atoms with Gasteiger partial charge in [0.05, 0.1) is 18.8 Å². The molecule has 2 bridgehead atoms. The average Bonchev–Trinajstić information content (AvgIpc) is 2.56. The third-order valence-corrected chi connectivity index (χ3v) is 7.02. The highest BCUT2D eigenvalue weighted by molar-refractivity contribution is 5.90. The molecule has 3 aliphatic carbocycles. The molecule has 0 amide bonds. The number of carbonyl (C=O) groups excluding carboxylic acids is 1. The number of hydrogen-bond donors (Lipinski definition) is 1. The van der Waals surface area contributed by atoms with Crippen molar-refractivity contribution in [3.63, 3.8) is 0 Å². The molecule has 1 fully saturated rings. The molecule has 0 spiro atoms. The van der Waals surface area contributed by atoms with E-state index < -0.39 is 5.60 Å². The van der Waals surface area contributed by atoms with Crippen LogP contribution in [0, 0.1) is 11.3 Å². The first-order valence-corrected chi connectivity index (χ1v) is 9.52. The monoisotopic (exact) mass is 348 g/mol. The van der Waals surface area contributed by atoms with E-state index in [0.29, 0.717) is 24.8 Å². The van der Waals surface area contributed by atoms with E-state index in [0.717, 1.165) is 31.3 Å². The summed E-state index contributed by atoms with van der Waals surface area (Å²) in [6.07, 6.45) is 5.58. The Hall–Kier alpha value is -1.13. The van der Waals surface area contributed by atoms with Crippen molar-refractivity contribution in [2.75, 3.05) is 14.2 Å². The van der Waals surface area contributed by atoms with Crippen LogP contribution in [0.15, 0.2) is 22.3 Å². The molecule has 3 atom stereocenters. The highest BCUT2D eigenvalue weighted by Crippen LogP contribution is 2.55. The molecule has 0 aromatic rings. The number of ether oxygens (including phenoxy) is 2. The van der Waals surface area contributed by atoms with Crippen LogP contribution >= 0.6 is 0 Å². The van der Waals surface area contributed by atoms with E-state index in [1.54, 1.807) is 7.11 Å². The zero-order valence-corrected chi connectivity index (χ0v) is 16.3. The van der Waals surface area contributed by atoms with Crippen molar-refractivity contribution in [3.8, 4) is 0 Å². The van der Waals surface area contributed by atoms with E-state index >= 15 is 0 Å². The summed E-state index contributed by atoms with van der Waals surface area (Å²) in [5.41, 5.74) is 3.45. The molecule has 140 valence electrons. The highest BCUT2D eigenvalue weighted by Gasteiger charge is 2.52. The van der Waals surface area contributed by atoms with Crippen molar-refractivity contribution in [2.45, 2.75) is 77.4 Å². The number of esters is 1. The summed E-state index contributed by atoms with van der Waals surface area (Å²) in [7, 11) is 3.13. The van der Waals surface area contributed by atoms with Crippen molar-refractivity contribution < 1.29 is 19.4 Å². The third-order valence-electron chi connectivity index (χ3n) is 7.02. The minimum atomic E-state index is -0.958. The Kier molecular flexibility index (Phi) is 4.89. The summed E-state index contributed by atoms with van der Waals surface area (Å²) in [4.78, 5) is 12.5.